The molecule has 1 aliphatic heterocycles. The number of fused-ring (bicyclic) bond motifs is 1. The van der Waals surface area contributed by atoms with Crippen LogP contribution in [0.3, 0.4) is 0 Å². The van der Waals surface area contributed by atoms with E-state index in [4.69, 9.17) is 11.5 Å². The lowest BCUT2D eigenvalue weighted by atomic mass is 10.1. The van der Waals surface area contributed by atoms with Crippen molar-refractivity contribution >= 4 is 43.1 Å². The van der Waals surface area contributed by atoms with Crippen molar-refractivity contribution in [2.45, 2.75) is 63.6 Å². The summed E-state index contributed by atoms with van der Waals surface area (Å²) < 4.78 is 2.22. The van der Waals surface area contributed by atoms with Crippen molar-refractivity contribution in [2.24, 2.45) is 11.5 Å². The van der Waals surface area contributed by atoms with Crippen LogP contribution in [-0.4, -0.2) is 44.7 Å². The van der Waals surface area contributed by atoms with Crippen molar-refractivity contribution in [3.63, 3.8) is 0 Å². The second kappa shape index (κ2) is 10.5. The van der Waals surface area contributed by atoms with Gasteiger partial charge >= 0.3 is 0 Å². The second-order valence-electron chi connectivity index (χ2n) is 6.58. The SMILES string of the molecule is C[C@H]1CN(C(=O)[C@@H](N)CCCCN)Cc2nnc(C3CC3)n21.Cl.Cl.Cl. The number of halogens is 3. The van der Waals surface area contributed by atoms with Gasteiger partial charge in [-0.15, -0.1) is 47.4 Å². The standard InChI is InChI=1S/C15H26N6O.3ClH/c1-10-8-20(15(22)12(17)4-2-3-7-16)9-13-18-19-14(21(10)13)11-5-6-11;;;/h10-12H,2-9,16-17H2,1H3;3*1H/t10-,12-;;;/m0.../s1. The van der Waals surface area contributed by atoms with E-state index in [1.165, 1.54) is 12.8 Å². The highest BCUT2D eigenvalue weighted by Crippen LogP contribution is 2.41. The number of aromatic nitrogens is 3. The first-order valence-corrected chi connectivity index (χ1v) is 8.30. The van der Waals surface area contributed by atoms with Gasteiger partial charge in [-0.05, 0) is 39.2 Å². The van der Waals surface area contributed by atoms with Gasteiger partial charge in [0.05, 0.1) is 18.6 Å². The Hall–Kier alpha value is -0.600. The summed E-state index contributed by atoms with van der Waals surface area (Å²) in [5.41, 5.74) is 11.5. The van der Waals surface area contributed by atoms with Gasteiger partial charge in [-0.1, -0.05) is 6.42 Å². The average Bonchev–Trinajstić information content (AvgIpc) is 3.26. The van der Waals surface area contributed by atoms with Crippen molar-refractivity contribution in [3.8, 4) is 0 Å². The van der Waals surface area contributed by atoms with E-state index in [2.05, 4.69) is 21.7 Å². The van der Waals surface area contributed by atoms with Gasteiger partial charge in [0, 0.05) is 12.5 Å². The van der Waals surface area contributed by atoms with Crippen LogP contribution in [0.4, 0.5) is 0 Å². The fraction of sp³-hybridized carbons (Fsp3) is 0.800. The maximum Gasteiger partial charge on any atom is 0.239 e. The highest BCUT2D eigenvalue weighted by molar-refractivity contribution is 5.86. The van der Waals surface area contributed by atoms with Gasteiger partial charge in [-0.3, -0.25) is 4.79 Å². The number of nitrogens with zero attached hydrogens (tertiary/aromatic N) is 4. The van der Waals surface area contributed by atoms with Crippen LogP contribution in [0.5, 0.6) is 0 Å². The Bertz CT molecular complexity index is 551. The molecule has 7 nitrogen and oxygen atoms in total. The molecule has 0 spiro atoms. The third-order valence-electron chi connectivity index (χ3n) is 4.59. The number of amides is 1. The van der Waals surface area contributed by atoms with Gasteiger partial charge in [0.2, 0.25) is 5.91 Å². The first-order chi connectivity index (χ1) is 10.6. The molecule has 1 fully saturated rings. The molecule has 1 amide bonds. The molecule has 4 N–H and O–H groups in total. The molecule has 0 bridgehead atoms. The molecule has 146 valence electrons. The molecule has 1 saturated carbocycles. The average molecular weight is 416 g/mol. The predicted octanol–water partition coefficient (Wildman–Crippen LogP) is 1.78. The lowest BCUT2D eigenvalue weighted by Crippen LogP contribution is -2.48. The summed E-state index contributed by atoms with van der Waals surface area (Å²) in [5.74, 6) is 2.58. The molecule has 0 aromatic carbocycles. The summed E-state index contributed by atoms with van der Waals surface area (Å²) in [6, 6.07) is -0.217. The number of carbonyl (C=O) groups is 1. The Morgan fingerprint density at radius 2 is 1.92 bits per heavy atom. The van der Waals surface area contributed by atoms with Crippen LogP contribution in [0.1, 0.15) is 62.6 Å². The summed E-state index contributed by atoms with van der Waals surface area (Å²) in [7, 11) is 0. The Labute approximate surface area is 167 Å². The zero-order valence-electron chi connectivity index (χ0n) is 14.5. The molecule has 2 atom stereocenters. The van der Waals surface area contributed by atoms with Gasteiger partial charge in [-0.25, -0.2) is 0 Å². The van der Waals surface area contributed by atoms with E-state index in [1.807, 2.05) is 4.90 Å². The maximum absolute atomic E-state index is 12.5. The maximum atomic E-state index is 12.5. The topological polar surface area (TPSA) is 103 Å². The fourth-order valence-corrected chi connectivity index (χ4v) is 3.22. The van der Waals surface area contributed by atoms with Crippen molar-refractivity contribution in [1.82, 2.24) is 19.7 Å². The van der Waals surface area contributed by atoms with E-state index in [-0.39, 0.29) is 49.2 Å². The zero-order valence-corrected chi connectivity index (χ0v) is 16.9. The third-order valence-corrected chi connectivity index (χ3v) is 4.59. The monoisotopic (exact) mass is 414 g/mol. The minimum atomic E-state index is -0.434. The predicted molar refractivity (Wildman–Crippen MR) is 105 cm³/mol. The van der Waals surface area contributed by atoms with Crippen LogP contribution in [0.25, 0.3) is 0 Å². The van der Waals surface area contributed by atoms with E-state index >= 15 is 0 Å². The number of unbranched alkanes of at least 4 members (excludes halogenated alkanes) is 1. The van der Waals surface area contributed by atoms with E-state index in [0.29, 0.717) is 32.0 Å². The zero-order chi connectivity index (χ0) is 15.7. The molecule has 0 unspecified atom stereocenters. The van der Waals surface area contributed by atoms with E-state index in [9.17, 15) is 4.79 Å². The van der Waals surface area contributed by atoms with Crippen LogP contribution >= 0.6 is 37.2 Å². The number of carbonyl (C=O) groups excluding carboxylic acids is 1. The lowest BCUT2D eigenvalue weighted by molar-refractivity contribution is -0.134. The molecule has 0 saturated heterocycles. The molecule has 3 rings (SSSR count). The number of rotatable bonds is 6. The van der Waals surface area contributed by atoms with Crippen LogP contribution < -0.4 is 11.5 Å². The lowest BCUT2D eigenvalue weighted by Gasteiger charge is -2.34. The number of hydrogen-bond donors (Lipinski definition) is 2. The van der Waals surface area contributed by atoms with Gasteiger partial charge in [-0.2, -0.15) is 0 Å². The quantitative estimate of drug-likeness (QED) is 0.689. The Balaban J connectivity index is 0.00000192. The van der Waals surface area contributed by atoms with E-state index in [0.717, 1.165) is 24.5 Å². The molecule has 2 heterocycles. The Morgan fingerprint density at radius 3 is 2.52 bits per heavy atom. The summed E-state index contributed by atoms with van der Waals surface area (Å²) >= 11 is 0. The van der Waals surface area contributed by atoms with E-state index in [1.54, 1.807) is 0 Å². The summed E-state index contributed by atoms with van der Waals surface area (Å²) in [5, 5.41) is 8.64. The number of nitrogens with two attached hydrogens (primary N) is 2. The molecular formula is C15H29Cl3N6O. The smallest absolute Gasteiger partial charge is 0.239 e. The summed E-state index contributed by atoms with van der Waals surface area (Å²) in [6.07, 6.45) is 4.92. The fourth-order valence-electron chi connectivity index (χ4n) is 3.22. The molecule has 10 heteroatoms. The highest BCUT2D eigenvalue weighted by Gasteiger charge is 2.36. The van der Waals surface area contributed by atoms with Gasteiger partial charge in [0.15, 0.2) is 5.82 Å². The van der Waals surface area contributed by atoms with Crippen LogP contribution in [0.2, 0.25) is 0 Å². The first kappa shape index (κ1) is 24.4. The van der Waals surface area contributed by atoms with Crippen LogP contribution in [0, 0.1) is 0 Å². The highest BCUT2D eigenvalue weighted by atomic mass is 35.5. The van der Waals surface area contributed by atoms with Gasteiger partial charge in [0.25, 0.3) is 0 Å². The first-order valence-electron chi connectivity index (χ1n) is 8.30. The van der Waals surface area contributed by atoms with Crippen molar-refractivity contribution < 1.29 is 4.79 Å². The number of hydrogen-bond acceptors (Lipinski definition) is 5. The minimum Gasteiger partial charge on any atom is -0.332 e. The summed E-state index contributed by atoms with van der Waals surface area (Å²) in [4.78, 5) is 14.3. The third kappa shape index (κ3) is 5.44. The van der Waals surface area contributed by atoms with Crippen LogP contribution in [-0.2, 0) is 11.3 Å². The molecule has 25 heavy (non-hydrogen) atoms. The largest absolute Gasteiger partial charge is 0.332 e. The molecule has 1 aromatic heterocycles. The second-order valence-corrected chi connectivity index (χ2v) is 6.58. The normalized spacial score (nSPS) is 19.8. The molecule has 2 aliphatic rings. The Kier molecular flexibility index (Phi) is 10.3. The van der Waals surface area contributed by atoms with Gasteiger partial charge in [0.1, 0.15) is 5.82 Å². The molecular weight excluding hydrogens is 387 g/mol. The van der Waals surface area contributed by atoms with E-state index < -0.39 is 6.04 Å². The van der Waals surface area contributed by atoms with Crippen molar-refractivity contribution in [3.05, 3.63) is 11.6 Å². The van der Waals surface area contributed by atoms with Crippen molar-refractivity contribution in [2.75, 3.05) is 13.1 Å². The van der Waals surface area contributed by atoms with Crippen molar-refractivity contribution in [1.29, 1.82) is 0 Å². The summed E-state index contributed by atoms with van der Waals surface area (Å²) in [6.45, 7) is 3.98. The van der Waals surface area contributed by atoms with Gasteiger partial charge < -0.3 is 20.9 Å². The minimum absolute atomic E-state index is 0. The van der Waals surface area contributed by atoms with Crippen LogP contribution in [0.15, 0.2) is 0 Å². The Morgan fingerprint density at radius 1 is 1.24 bits per heavy atom. The molecule has 1 aromatic rings. The molecule has 1 aliphatic carbocycles. The molecule has 0 radical (unpaired) electrons.